The summed E-state index contributed by atoms with van der Waals surface area (Å²) in [6.07, 6.45) is 2.71. The van der Waals surface area contributed by atoms with Gasteiger partial charge in [-0.05, 0) is 24.1 Å². The highest BCUT2D eigenvalue weighted by Gasteiger charge is 2.15. The first-order valence-corrected chi connectivity index (χ1v) is 8.60. The number of hydrogen-bond acceptors (Lipinski definition) is 6. The molecular formula is C16H13ClN2O4S. The highest BCUT2D eigenvalue weighted by Crippen LogP contribution is 2.32. The van der Waals surface area contributed by atoms with Crippen LogP contribution in [0.3, 0.4) is 0 Å². The normalized spacial score (nSPS) is 12.7. The van der Waals surface area contributed by atoms with Gasteiger partial charge >= 0.3 is 5.97 Å². The summed E-state index contributed by atoms with van der Waals surface area (Å²) in [7, 11) is 0. The van der Waals surface area contributed by atoms with Gasteiger partial charge in [-0.15, -0.1) is 11.3 Å². The van der Waals surface area contributed by atoms with Gasteiger partial charge in [-0.1, -0.05) is 17.7 Å². The summed E-state index contributed by atoms with van der Waals surface area (Å²) in [5.41, 5.74) is 1.68. The second-order valence-corrected chi connectivity index (χ2v) is 6.48. The van der Waals surface area contributed by atoms with Crippen LogP contribution in [-0.4, -0.2) is 22.1 Å². The Bertz CT molecular complexity index is 905. The van der Waals surface area contributed by atoms with Gasteiger partial charge < -0.3 is 14.2 Å². The molecule has 0 saturated carbocycles. The molecule has 2 aromatic heterocycles. The van der Waals surface area contributed by atoms with Crippen LogP contribution < -0.4 is 9.47 Å². The quantitative estimate of drug-likeness (QED) is 0.649. The van der Waals surface area contributed by atoms with Gasteiger partial charge in [-0.3, -0.25) is 9.20 Å². The summed E-state index contributed by atoms with van der Waals surface area (Å²) >= 11 is 7.56. The van der Waals surface area contributed by atoms with Crippen LogP contribution in [0.2, 0.25) is 5.15 Å². The molecule has 0 fully saturated rings. The molecular weight excluding hydrogens is 352 g/mol. The summed E-state index contributed by atoms with van der Waals surface area (Å²) in [6.45, 7) is 0.348. The number of imidazole rings is 1. The van der Waals surface area contributed by atoms with Crippen LogP contribution in [0.4, 0.5) is 0 Å². The van der Waals surface area contributed by atoms with Crippen molar-refractivity contribution in [2.75, 3.05) is 6.79 Å². The Morgan fingerprint density at radius 2 is 2.25 bits per heavy atom. The van der Waals surface area contributed by atoms with E-state index in [1.54, 1.807) is 0 Å². The number of fused-ring (bicyclic) bond motifs is 2. The maximum absolute atomic E-state index is 12.0. The van der Waals surface area contributed by atoms with Crippen molar-refractivity contribution in [3.63, 3.8) is 0 Å². The smallest absolute Gasteiger partial charge is 0.306 e. The third-order valence-corrected chi connectivity index (χ3v) is 4.80. The molecule has 3 heterocycles. The Kier molecular flexibility index (Phi) is 4.03. The fourth-order valence-corrected chi connectivity index (χ4v) is 3.51. The average molecular weight is 365 g/mol. The van der Waals surface area contributed by atoms with Crippen LogP contribution in [0.1, 0.15) is 17.7 Å². The second kappa shape index (κ2) is 6.33. The van der Waals surface area contributed by atoms with Gasteiger partial charge in [0.2, 0.25) is 6.79 Å². The molecule has 1 aromatic carbocycles. The van der Waals surface area contributed by atoms with Crippen molar-refractivity contribution in [1.29, 1.82) is 0 Å². The number of nitrogens with zero attached hydrogens (tertiary/aromatic N) is 2. The third-order valence-electron chi connectivity index (χ3n) is 3.74. The molecule has 0 spiro atoms. The lowest BCUT2D eigenvalue weighted by molar-refractivity contribution is -0.145. The molecule has 8 heteroatoms. The number of ether oxygens (including phenoxy) is 3. The van der Waals surface area contributed by atoms with Crippen molar-refractivity contribution in [2.24, 2.45) is 0 Å². The van der Waals surface area contributed by atoms with E-state index in [1.807, 2.05) is 34.2 Å². The zero-order valence-electron chi connectivity index (χ0n) is 12.5. The Morgan fingerprint density at radius 3 is 3.17 bits per heavy atom. The summed E-state index contributed by atoms with van der Waals surface area (Å²) in [4.78, 5) is 17.0. The van der Waals surface area contributed by atoms with E-state index < -0.39 is 0 Å². The van der Waals surface area contributed by atoms with Crippen LogP contribution in [0, 0.1) is 0 Å². The number of benzene rings is 1. The van der Waals surface area contributed by atoms with Crippen molar-refractivity contribution in [3.8, 4) is 11.5 Å². The van der Waals surface area contributed by atoms with E-state index >= 15 is 0 Å². The molecule has 0 bridgehead atoms. The second-order valence-electron chi connectivity index (χ2n) is 5.25. The first kappa shape index (κ1) is 15.3. The summed E-state index contributed by atoms with van der Waals surface area (Å²) in [5, 5.41) is 2.27. The van der Waals surface area contributed by atoms with E-state index in [9.17, 15) is 4.79 Å². The monoisotopic (exact) mass is 364 g/mol. The van der Waals surface area contributed by atoms with Crippen molar-refractivity contribution < 1.29 is 19.0 Å². The lowest BCUT2D eigenvalue weighted by Crippen LogP contribution is -2.07. The van der Waals surface area contributed by atoms with Crippen molar-refractivity contribution in [2.45, 2.75) is 19.4 Å². The summed E-state index contributed by atoms with van der Waals surface area (Å²) < 4.78 is 17.7. The number of aromatic nitrogens is 2. The minimum absolute atomic E-state index is 0.108. The van der Waals surface area contributed by atoms with Crippen LogP contribution >= 0.6 is 22.9 Å². The standard InChI is InChI=1S/C16H13ClN2O4S/c17-15-11(19-5-6-24-16(19)18-15)8-21-14(20)4-2-10-1-3-12-13(7-10)23-9-22-12/h1,3,5-7H,2,4,8-9H2. The first-order valence-electron chi connectivity index (χ1n) is 7.35. The van der Waals surface area contributed by atoms with E-state index in [-0.39, 0.29) is 25.8 Å². The predicted octanol–water partition coefficient (Wildman–Crippen LogP) is 3.45. The molecule has 24 heavy (non-hydrogen) atoms. The number of thiazole rings is 1. The topological polar surface area (TPSA) is 62.1 Å². The number of esters is 1. The molecule has 3 aromatic rings. The molecule has 0 aliphatic carbocycles. The molecule has 4 rings (SSSR count). The highest BCUT2D eigenvalue weighted by molar-refractivity contribution is 7.15. The lowest BCUT2D eigenvalue weighted by Gasteiger charge is -2.05. The minimum atomic E-state index is -0.283. The van der Waals surface area contributed by atoms with E-state index in [4.69, 9.17) is 25.8 Å². The van der Waals surface area contributed by atoms with Gasteiger partial charge in [0.1, 0.15) is 6.61 Å². The molecule has 124 valence electrons. The number of halogens is 1. The van der Waals surface area contributed by atoms with Crippen molar-refractivity contribution >= 4 is 33.9 Å². The molecule has 0 atom stereocenters. The van der Waals surface area contributed by atoms with E-state index in [0.717, 1.165) is 16.3 Å². The van der Waals surface area contributed by atoms with E-state index in [2.05, 4.69) is 4.98 Å². The zero-order valence-corrected chi connectivity index (χ0v) is 14.1. The van der Waals surface area contributed by atoms with Gasteiger partial charge in [0, 0.05) is 18.0 Å². The fourth-order valence-electron chi connectivity index (χ4n) is 2.50. The molecule has 0 saturated heterocycles. The van der Waals surface area contributed by atoms with Crippen LogP contribution in [0.5, 0.6) is 11.5 Å². The van der Waals surface area contributed by atoms with Crippen LogP contribution in [-0.2, 0) is 22.6 Å². The maximum Gasteiger partial charge on any atom is 0.306 e. The average Bonchev–Trinajstić information content (AvgIpc) is 3.26. The molecule has 0 N–H and O–H groups in total. The Labute approximate surface area is 146 Å². The molecule has 6 nitrogen and oxygen atoms in total. The highest BCUT2D eigenvalue weighted by atomic mass is 35.5. The Balaban J connectivity index is 1.34. The Morgan fingerprint density at radius 1 is 1.38 bits per heavy atom. The lowest BCUT2D eigenvalue weighted by atomic mass is 10.1. The molecule has 0 radical (unpaired) electrons. The number of carbonyl (C=O) groups is 1. The maximum atomic E-state index is 12.0. The van der Waals surface area contributed by atoms with E-state index in [1.165, 1.54) is 11.3 Å². The van der Waals surface area contributed by atoms with Crippen molar-refractivity contribution in [3.05, 3.63) is 46.2 Å². The molecule has 1 aliphatic rings. The third kappa shape index (κ3) is 2.92. The summed E-state index contributed by atoms with van der Waals surface area (Å²) in [6, 6.07) is 5.66. The minimum Gasteiger partial charge on any atom is -0.459 e. The SMILES string of the molecule is O=C(CCc1ccc2c(c1)OCO2)OCc1c(Cl)nc2sccn12. The van der Waals surface area contributed by atoms with Gasteiger partial charge in [0.25, 0.3) is 0 Å². The zero-order chi connectivity index (χ0) is 16.5. The molecule has 0 unspecified atom stereocenters. The first-order chi connectivity index (χ1) is 11.7. The van der Waals surface area contributed by atoms with Crippen LogP contribution in [0.25, 0.3) is 4.96 Å². The molecule has 1 aliphatic heterocycles. The summed E-state index contributed by atoms with van der Waals surface area (Å²) in [5.74, 6) is 1.16. The largest absolute Gasteiger partial charge is 0.459 e. The van der Waals surface area contributed by atoms with Gasteiger partial charge in [0.05, 0.1) is 5.69 Å². The van der Waals surface area contributed by atoms with Gasteiger partial charge in [-0.2, -0.15) is 0 Å². The predicted molar refractivity (Wildman–Crippen MR) is 88.8 cm³/mol. The fraction of sp³-hybridized carbons (Fsp3) is 0.250. The van der Waals surface area contributed by atoms with Gasteiger partial charge in [0.15, 0.2) is 21.6 Å². The van der Waals surface area contributed by atoms with Crippen LogP contribution in [0.15, 0.2) is 29.8 Å². The molecule has 0 amide bonds. The number of aryl methyl sites for hydroxylation is 1. The van der Waals surface area contributed by atoms with Gasteiger partial charge in [-0.25, -0.2) is 4.98 Å². The van der Waals surface area contributed by atoms with E-state index in [0.29, 0.717) is 23.0 Å². The number of hydrogen-bond donors (Lipinski definition) is 0. The number of rotatable bonds is 5. The number of carbonyl (C=O) groups excluding carboxylic acids is 1. The Hall–Kier alpha value is -2.25. The van der Waals surface area contributed by atoms with Crippen molar-refractivity contribution in [1.82, 2.24) is 9.38 Å².